The van der Waals surface area contributed by atoms with Gasteiger partial charge in [0, 0.05) is 67.0 Å². The first kappa shape index (κ1) is 34.0. The van der Waals surface area contributed by atoms with Gasteiger partial charge in [0.05, 0.1) is 60.8 Å². The number of carbonyl (C=O) groups is 1. The van der Waals surface area contributed by atoms with Crippen molar-refractivity contribution in [3.8, 4) is 45.4 Å². The fourth-order valence-corrected chi connectivity index (χ4v) is 6.53. The third kappa shape index (κ3) is 7.54. The Morgan fingerprint density at radius 3 is 2.02 bits per heavy atom. The van der Waals surface area contributed by atoms with Crippen LogP contribution in [0.15, 0.2) is 48.8 Å². The van der Waals surface area contributed by atoms with Crippen molar-refractivity contribution in [3.05, 3.63) is 70.2 Å². The summed E-state index contributed by atoms with van der Waals surface area (Å²) in [5.41, 5.74) is 5.10. The highest BCUT2D eigenvalue weighted by molar-refractivity contribution is 6.39. The molecular formula is C34H37Cl2N7O5. The van der Waals surface area contributed by atoms with E-state index in [1.807, 2.05) is 36.4 Å². The first-order chi connectivity index (χ1) is 23.4. The number of aliphatic hydroxyl groups excluding tert-OH is 1. The minimum atomic E-state index is -0.585. The van der Waals surface area contributed by atoms with E-state index in [2.05, 4.69) is 25.9 Å². The summed E-state index contributed by atoms with van der Waals surface area (Å²) in [5.74, 6) is 0.822. The molecule has 0 bridgehead atoms. The summed E-state index contributed by atoms with van der Waals surface area (Å²) in [4.78, 5) is 30.2. The average Bonchev–Trinajstić information content (AvgIpc) is 3.53. The number of hydrogen-bond acceptors (Lipinski definition) is 11. The van der Waals surface area contributed by atoms with Crippen LogP contribution >= 0.6 is 23.2 Å². The molecule has 4 N–H and O–H groups in total. The number of hydrogen-bond donors (Lipinski definition) is 4. The van der Waals surface area contributed by atoms with E-state index in [0.29, 0.717) is 113 Å². The van der Waals surface area contributed by atoms with Gasteiger partial charge in [0.15, 0.2) is 0 Å². The van der Waals surface area contributed by atoms with Gasteiger partial charge in [-0.2, -0.15) is 0 Å². The first-order valence-electron chi connectivity index (χ1n) is 15.7. The van der Waals surface area contributed by atoms with Crippen LogP contribution in [0, 0.1) is 0 Å². The highest BCUT2D eigenvalue weighted by Crippen LogP contribution is 2.42. The van der Waals surface area contributed by atoms with Gasteiger partial charge in [0.25, 0.3) is 0 Å². The van der Waals surface area contributed by atoms with E-state index in [4.69, 9.17) is 47.4 Å². The second-order valence-electron chi connectivity index (χ2n) is 11.6. The van der Waals surface area contributed by atoms with E-state index >= 15 is 0 Å². The summed E-state index contributed by atoms with van der Waals surface area (Å²) in [6.45, 7) is 2.33. The van der Waals surface area contributed by atoms with Gasteiger partial charge in [-0.1, -0.05) is 59.6 Å². The van der Waals surface area contributed by atoms with Crippen LogP contribution in [0.5, 0.6) is 11.8 Å². The number of nitrogens with one attached hydrogen (secondary N) is 3. The molecular weight excluding hydrogens is 657 g/mol. The van der Waals surface area contributed by atoms with Crippen molar-refractivity contribution in [1.29, 1.82) is 0 Å². The summed E-state index contributed by atoms with van der Waals surface area (Å²) in [7, 11) is 3.09. The lowest BCUT2D eigenvalue weighted by Gasteiger charge is -2.28. The summed E-state index contributed by atoms with van der Waals surface area (Å²) < 4.78 is 16.5. The average molecular weight is 695 g/mol. The molecule has 2 aliphatic heterocycles. The number of carbonyl (C=O) groups excluding carboxylic acids is 1. The molecule has 2 fully saturated rings. The van der Waals surface area contributed by atoms with Gasteiger partial charge >= 0.3 is 0 Å². The number of aliphatic hydroxyl groups is 1. The molecule has 0 saturated carbocycles. The Balaban J connectivity index is 1.22. The standard InChI is InChI=1S/C34H37Cl2N7O5/c1-46-33-27(14-37-13-19-9-10-30(45)41-19)39-15-25(42-33)22-7-3-5-20(31(22)35)21-6-4-8-23(32(21)36)26-16-40-28(34(43-26)47-2)17-38-24-11-12-48-18-29(24)44/h3-8,15-16,19,24,29,37-38,44H,9-14,17-18H2,1-2H3,(H,41,45)/t19-,24-,29-/m0/s1. The summed E-state index contributed by atoms with van der Waals surface area (Å²) in [6, 6.07) is 11.3. The second kappa shape index (κ2) is 15.5. The van der Waals surface area contributed by atoms with Gasteiger partial charge in [0.2, 0.25) is 17.7 Å². The second-order valence-corrected chi connectivity index (χ2v) is 12.4. The molecule has 2 saturated heterocycles. The number of ether oxygens (including phenoxy) is 3. The zero-order chi connectivity index (χ0) is 33.6. The van der Waals surface area contributed by atoms with Crippen LogP contribution in [0.2, 0.25) is 10.0 Å². The molecule has 0 radical (unpaired) electrons. The van der Waals surface area contributed by atoms with E-state index in [1.165, 1.54) is 0 Å². The zero-order valence-corrected chi connectivity index (χ0v) is 28.1. The lowest BCUT2D eigenvalue weighted by atomic mass is 9.98. The van der Waals surface area contributed by atoms with Crippen LogP contribution < -0.4 is 25.4 Å². The maximum atomic E-state index is 11.5. The molecule has 3 atom stereocenters. The molecule has 0 aliphatic carbocycles. The number of rotatable bonds is 12. The normalized spacial score (nSPS) is 19.3. The van der Waals surface area contributed by atoms with Gasteiger partial charge in [-0.25, -0.2) is 9.97 Å². The molecule has 0 spiro atoms. The van der Waals surface area contributed by atoms with Crippen LogP contribution in [-0.2, 0) is 22.6 Å². The fraction of sp³-hybridized carbons (Fsp3) is 0.382. The Morgan fingerprint density at radius 1 is 0.896 bits per heavy atom. The minimum absolute atomic E-state index is 0.0795. The van der Waals surface area contributed by atoms with Crippen molar-refractivity contribution in [1.82, 2.24) is 35.9 Å². The van der Waals surface area contributed by atoms with Crippen molar-refractivity contribution in [2.24, 2.45) is 0 Å². The Bertz CT molecular complexity index is 1780. The maximum absolute atomic E-state index is 11.5. The molecule has 14 heteroatoms. The highest BCUT2D eigenvalue weighted by Gasteiger charge is 2.25. The molecule has 48 heavy (non-hydrogen) atoms. The quantitative estimate of drug-likeness (QED) is 0.169. The van der Waals surface area contributed by atoms with Gasteiger partial charge in [-0.15, -0.1) is 0 Å². The molecule has 2 aromatic carbocycles. The number of aromatic nitrogens is 4. The van der Waals surface area contributed by atoms with Gasteiger partial charge < -0.3 is 35.3 Å². The third-order valence-corrected chi connectivity index (χ3v) is 9.29. The van der Waals surface area contributed by atoms with E-state index in [-0.39, 0.29) is 18.0 Å². The molecule has 12 nitrogen and oxygen atoms in total. The minimum Gasteiger partial charge on any atom is -0.480 e. The van der Waals surface area contributed by atoms with Crippen LogP contribution in [0.4, 0.5) is 0 Å². The maximum Gasteiger partial charge on any atom is 0.237 e. The molecule has 4 aromatic rings. The number of benzene rings is 2. The highest BCUT2D eigenvalue weighted by atomic mass is 35.5. The third-order valence-electron chi connectivity index (χ3n) is 8.48. The zero-order valence-electron chi connectivity index (χ0n) is 26.6. The molecule has 252 valence electrons. The lowest BCUT2D eigenvalue weighted by molar-refractivity contribution is -0.119. The predicted molar refractivity (Wildman–Crippen MR) is 182 cm³/mol. The molecule has 1 amide bonds. The smallest absolute Gasteiger partial charge is 0.237 e. The Kier molecular flexibility index (Phi) is 11.0. The van der Waals surface area contributed by atoms with E-state index < -0.39 is 6.10 Å². The number of nitrogens with zero attached hydrogens (tertiary/aromatic N) is 4. The predicted octanol–water partition coefficient (Wildman–Crippen LogP) is 4.20. The molecule has 2 aliphatic rings. The SMILES string of the molecule is COc1nc(-c2cccc(-c3cccc(-c4cnc(CN[C@H]5CCOC[C@@H]5O)c(OC)n4)c3Cl)c2Cl)cnc1CNC[C@@H]1CCC(=O)N1. The van der Waals surface area contributed by atoms with Crippen molar-refractivity contribution in [3.63, 3.8) is 0 Å². The number of amides is 1. The van der Waals surface area contributed by atoms with Crippen molar-refractivity contribution in [2.45, 2.75) is 50.5 Å². The van der Waals surface area contributed by atoms with E-state index in [9.17, 15) is 9.90 Å². The Hall–Kier alpha value is -3.91. The van der Waals surface area contributed by atoms with E-state index in [1.54, 1.807) is 26.6 Å². The van der Waals surface area contributed by atoms with Crippen LogP contribution in [-0.4, -0.2) is 83.1 Å². The topological polar surface area (TPSA) is 153 Å². The van der Waals surface area contributed by atoms with Crippen molar-refractivity contribution >= 4 is 29.1 Å². The molecule has 4 heterocycles. The van der Waals surface area contributed by atoms with Crippen LogP contribution in [0.1, 0.15) is 30.7 Å². The van der Waals surface area contributed by atoms with Crippen molar-refractivity contribution < 1.29 is 24.1 Å². The number of halogens is 2. The number of methoxy groups -OCH3 is 2. The lowest BCUT2D eigenvalue weighted by Crippen LogP contribution is -2.46. The summed E-state index contributed by atoms with van der Waals surface area (Å²) >= 11 is 14.1. The molecule has 2 aromatic heterocycles. The van der Waals surface area contributed by atoms with Crippen LogP contribution in [0.25, 0.3) is 33.6 Å². The van der Waals surface area contributed by atoms with Crippen molar-refractivity contribution in [2.75, 3.05) is 34.0 Å². The van der Waals surface area contributed by atoms with Gasteiger partial charge in [-0.3, -0.25) is 14.8 Å². The first-order valence-corrected chi connectivity index (χ1v) is 16.5. The van der Waals surface area contributed by atoms with Gasteiger partial charge in [-0.05, 0) is 12.8 Å². The van der Waals surface area contributed by atoms with Gasteiger partial charge in [0.1, 0.15) is 11.4 Å². The van der Waals surface area contributed by atoms with E-state index in [0.717, 1.165) is 6.42 Å². The van der Waals surface area contributed by atoms with Crippen LogP contribution in [0.3, 0.4) is 0 Å². The summed E-state index contributed by atoms with van der Waals surface area (Å²) in [5, 5.41) is 20.7. The Labute approximate surface area is 288 Å². The molecule has 6 rings (SSSR count). The largest absolute Gasteiger partial charge is 0.480 e. The molecule has 0 unspecified atom stereocenters. The Morgan fingerprint density at radius 2 is 1.48 bits per heavy atom. The summed E-state index contributed by atoms with van der Waals surface area (Å²) in [6.07, 6.45) is 4.81. The monoisotopic (exact) mass is 693 g/mol. The fourth-order valence-electron chi connectivity index (χ4n) is 5.88.